The molecule has 144 valence electrons. The molecule has 0 aliphatic carbocycles. The fourth-order valence-electron chi connectivity index (χ4n) is 2.66. The summed E-state index contributed by atoms with van der Waals surface area (Å²) in [5, 5.41) is 1.33. The molecule has 1 heterocycles. The van der Waals surface area contributed by atoms with Crippen LogP contribution >= 0.6 is 0 Å². The first kappa shape index (κ1) is 20.2. The highest BCUT2D eigenvalue weighted by atomic mass is 16.7. The van der Waals surface area contributed by atoms with Crippen LogP contribution in [0, 0.1) is 0 Å². The number of hydrogen-bond acceptors (Lipinski definition) is 5. The first-order chi connectivity index (χ1) is 12.5. The molecule has 0 spiro atoms. The minimum Gasteiger partial charge on any atom is -0.311 e. The SMILES string of the molecule is CCN1C(=O)N(OCc2ccccc2)CCC1C(=O)NOCCN(C)C. The molecule has 1 atom stereocenters. The molecule has 1 aliphatic heterocycles. The van der Waals surface area contributed by atoms with Crippen molar-refractivity contribution < 1.29 is 19.3 Å². The third-order valence-electron chi connectivity index (χ3n) is 4.13. The van der Waals surface area contributed by atoms with Crippen molar-refractivity contribution in [3.05, 3.63) is 35.9 Å². The van der Waals surface area contributed by atoms with Gasteiger partial charge in [-0.2, -0.15) is 0 Å². The smallest absolute Gasteiger partial charge is 0.311 e. The van der Waals surface area contributed by atoms with Gasteiger partial charge in [-0.05, 0) is 33.0 Å². The number of rotatable bonds is 9. The zero-order valence-corrected chi connectivity index (χ0v) is 15.7. The van der Waals surface area contributed by atoms with Gasteiger partial charge in [-0.3, -0.25) is 14.5 Å². The summed E-state index contributed by atoms with van der Waals surface area (Å²) < 4.78 is 0. The summed E-state index contributed by atoms with van der Waals surface area (Å²) in [6.07, 6.45) is 0.483. The monoisotopic (exact) mass is 364 g/mol. The molecule has 0 bridgehead atoms. The lowest BCUT2D eigenvalue weighted by atomic mass is 10.1. The Bertz CT molecular complexity index is 582. The van der Waals surface area contributed by atoms with E-state index in [4.69, 9.17) is 9.68 Å². The molecule has 0 saturated carbocycles. The zero-order valence-electron chi connectivity index (χ0n) is 15.7. The first-order valence-corrected chi connectivity index (χ1v) is 8.84. The zero-order chi connectivity index (χ0) is 18.9. The molecule has 3 amide bonds. The van der Waals surface area contributed by atoms with Crippen molar-refractivity contribution in [2.75, 3.05) is 40.3 Å². The summed E-state index contributed by atoms with van der Waals surface area (Å²) in [4.78, 5) is 39.2. The third kappa shape index (κ3) is 5.69. The van der Waals surface area contributed by atoms with Crippen molar-refractivity contribution in [1.29, 1.82) is 0 Å². The standard InChI is InChI=1S/C18H28N4O4/c1-4-21-16(17(23)19-25-13-12-20(2)3)10-11-22(18(21)24)26-14-15-8-6-5-7-9-15/h5-9,16H,4,10-14H2,1-3H3,(H,19,23). The summed E-state index contributed by atoms with van der Waals surface area (Å²) in [6, 6.07) is 8.79. The predicted octanol–water partition coefficient (Wildman–Crippen LogP) is 1.24. The number of urea groups is 1. The number of benzene rings is 1. The van der Waals surface area contributed by atoms with Crippen molar-refractivity contribution in [1.82, 2.24) is 20.3 Å². The molecule has 1 aromatic carbocycles. The van der Waals surface area contributed by atoms with E-state index in [0.717, 1.165) is 5.56 Å². The molecule has 1 aromatic rings. The molecule has 0 aromatic heterocycles. The summed E-state index contributed by atoms with van der Waals surface area (Å²) in [5.41, 5.74) is 3.43. The van der Waals surface area contributed by atoms with Gasteiger partial charge in [0, 0.05) is 13.1 Å². The Hall–Kier alpha value is -2.16. The highest BCUT2D eigenvalue weighted by Crippen LogP contribution is 2.18. The normalized spacial score (nSPS) is 17.7. The van der Waals surface area contributed by atoms with Gasteiger partial charge in [0.05, 0.1) is 13.2 Å². The summed E-state index contributed by atoms with van der Waals surface area (Å²) in [6.45, 7) is 4.01. The Labute approximate surface area is 154 Å². The van der Waals surface area contributed by atoms with E-state index < -0.39 is 6.04 Å². The van der Waals surface area contributed by atoms with Crippen LogP contribution in [-0.2, 0) is 21.1 Å². The second-order valence-corrected chi connectivity index (χ2v) is 6.35. The maximum Gasteiger partial charge on any atom is 0.344 e. The van der Waals surface area contributed by atoms with Gasteiger partial charge >= 0.3 is 6.03 Å². The molecule has 2 rings (SSSR count). The van der Waals surface area contributed by atoms with Crippen LogP contribution in [0.2, 0.25) is 0 Å². The number of carbonyl (C=O) groups excluding carboxylic acids is 2. The van der Waals surface area contributed by atoms with Crippen LogP contribution in [0.5, 0.6) is 0 Å². The average molecular weight is 364 g/mol. The van der Waals surface area contributed by atoms with E-state index in [0.29, 0.717) is 39.3 Å². The Morgan fingerprint density at radius 3 is 2.69 bits per heavy atom. The van der Waals surface area contributed by atoms with E-state index in [2.05, 4.69) is 5.48 Å². The van der Waals surface area contributed by atoms with Gasteiger partial charge in [0.25, 0.3) is 5.91 Å². The van der Waals surface area contributed by atoms with Crippen LogP contribution in [0.15, 0.2) is 30.3 Å². The first-order valence-electron chi connectivity index (χ1n) is 8.84. The lowest BCUT2D eigenvalue weighted by molar-refractivity contribution is -0.161. The number of hydrogen-bond donors (Lipinski definition) is 1. The molecule has 26 heavy (non-hydrogen) atoms. The van der Waals surface area contributed by atoms with E-state index >= 15 is 0 Å². The average Bonchev–Trinajstić information content (AvgIpc) is 2.64. The Balaban J connectivity index is 1.85. The van der Waals surface area contributed by atoms with Crippen molar-refractivity contribution in [3.63, 3.8) is 0 Å². The number of nitrogens with one attached hydrogen (secondary N) is 1. The number of carbonyl (C=O) groups is 2. The summed E-state index contributed by atoms with van der Waals surface area (Å²) >= 11 is 0. The third-order valence-corrected chi connectivity index (χ3v) is 4.13. The van der Waals surface area contributed by atoms with Crippen LogP contribution in [0.1, 0.15) is 18.9 Å². The molecule has 1 fully saturated rings. The van der Waals surface area contributed by atoms with Gasteiger partial charge in [-0.15, -0.1) is 0 Å². The van der Waals surface area contributed by atoms with Crippen molar-refractivity contribution in [2.45, 2.75) is 26.0 Å². The molecule has 8 nitrogen and oxygen atoms in total. The van der Waals surface area contributed by atoms with Gasteiger partial charge in [0.15, 0.2) is 0 Å². The van der Waals surface area contributed by atoms with Crippen molar-refractivity contribution in [2.24, 2.45) is 0 Å². The van der Waals surface area contributed by atoms with Crippen LogP contribution in [0.4, 0.5) is 4.79 Å². The molecular weight excluding hydrogens is 336 g/mol. The number of amides is 3. The Kier molecular flexibility index (Phi) is 7.83. The molecule has 0 radical (unpaired) electrons. The second kappa shape index (κ2) is 10.1. The lowest BCUT2D eigenvalue weighted by Gasteiger charge is -2.39. The fraction of sp³-hybridized carbons (Fsp3) is 0.556. The largest absolute Gasteiger partial charge is 0.344 e. The van der Waals surface area contributed by atoms with Gasteiger partial charge in [-0.1, -0.05) is 30.3 Å². The Morgan fingerprint density at radius 2 is 2.04 bits per heavy atom. The second-order valence-electron chi connectivity index (χ2n) is 6.35. The minimum atomic E-state index is -0.552. The molecular formula is C18H28N4O4. The quantitative estimate of drug-likeness (QED) is 0.527. The van der Waals surface area contributed by atoms with E-state index in [9.17, 15) is 9.59 Å². The van der Waals surface area contributed by atoms with E-state index in [1.165, 1.54) is 9.96 Å². The van der Waals surface area contributed by atoms with Crippen LogP contribution in [-0.4, -0.2) is 73.2 Å². The van der Waals surface area contributed by atoms with Gasteiger partial charge < -0.3 is 9.80 Å². The Morgan fingerprint density at radius 1 is 1.31 bits per heavy atom. The highest BCUT2D eigenvalue weighted by Gasteiger charge is 2.37. The van der Waals surface area contributed by atoms with Crippen LogP contribution in [0.3, 0.4) is 0 Å². The predicted molar refractivity (Wildman–Crippen MR) is 96.8 cm³/mol. The highest BCUT2D eigenvalue weighted by molar-refractivity contribution is 5.87. The molecule has 8 heteroatoms. The lowest BCUT2D eigenvalue weighted by Crippen LogP contribution is -2.58. The van der Waals surface area contributed by atoms with E-state index in [1.54, 1.807) is 0 Å². The number of nitrogens with zero attached hydrogens (tertiary/aromatic N) is 3. The fourth-order valence-corrected chi connectivity index (χ4v) is 2.66. The molecule has 1 aliphatic rings. The maximum atomic E-state index is 12.6. The maximum absolute atomic E-state index is 12.6. The number of hydroxylamine groups is 3. The van der Waals surface area contributed by atoms with Gasteiger partial charge in [-0.25, -0.2) is 15.3 Å². The van der Waals surface area contributed by atoms with Crippen LogP contribution < -0.4 is 5.48 Å². The summed E-state index contributed by atoms with van der Waals surface area (Å²) in [7, 11) is 3.85. The molecule has 1 saturated heterocycles. The van der Waals surface area contributed by atoms with Crippen molar-refractivity contribution >= 4 is 11.9 Å². The van der Waals surface area contributed by atoms with Gasteiger partial charge in [0.2, 0.25) is 0 Å². The van der Waals surface area contributed by atoms with Gasteiger partial charge in [0.1, 0.15) is 12.6 Å². The summed E-state index contributed by atoms with van der Waals surface area (Å²) in [5.74, 6) is -0.304. The number of likely N-dealkylation sites (N-methyl/N-ethyl adjacent to an activating group) is 2. The van der Waals surface area contributed by atoms with E-state index in [-0.39, 0.29) is 11.9 Å². The topological polar surface area (TPSA) is 74.3 Å². The molecule has 1 unspecified atom stereocenters. The van der Waals surface area contributed by atoms with Crippen molar-refractivity contribution in [3.8, 4) is 0 Å². The minimum absolute atomic E-state index is 0.303. The van der Waals surface area contributed by atoms with E-state index in [1.807, 2.05) is 56.3 Å². The van der Waals surface area contributed by atoms with Crippen LogP contribution in [0.25, 0.3) is 0 Å². The molecule has 1 N–H and O–H groups in total.